The van der Waals surface area contributed by atoms with Crippen LogP contribution < -0.4 is 10.1 Å². The van der Waals surface area contributed by atoms with E-state index in [0.717, 1.165) is 60.4 Å². The molecule has 2 amide bonds. The van der Waals surface area contributed by atoms with Gasteiger partial charge in [0.05, 0.1) is 18.9 Å². The SMILES string of the molecule is CC(C)Oc1ccc(CN2C(=O)CN(S(C)(=O)=O)C[C@]2(C)C(=O)NC2CCCCCCC2)cc1. The Hall–Kier alpha value is -2.13. The Morgan fingerprint density at radius 3 is 2.26 bits per heavy atom. The molecule has 1 saturated carbocycles. The van der Waals surface area contributed by atoms with Gasteiger partial charge >= 0.3 is 0 Å². The lowest BCUT2D eigenvalue weighted by molar-refractivity contribution is -0.154. The molecule has 8 nitrogen and oxygen atoms in total. The molecule has 0 bridgehead atoms. The first kappa shape index (κ1) is 26.5. The van der Waals surface area contributed by atoms with Gasteiger partial charge in [-0.1, -0.05) is 44.2 Å². The first-order chi connectivity index (χ1) is 16.0. The Balaban J connectivity index is 1.84. The second-order valence-electron chi connectivity index (χ2n) is 10.1. The molecular formula is C25H39N3O5S. The number of sulfonamides is 1. The lowest BCUT2D eigenvalue weighted by Gasteiger charge is -2.47. The fourth-order valence-electron chi connectivity index (χ4n) is 4.76. The lowest BCUT2D eigenvalue weighted by atomic mass is 9.92. The van der Waals surface area contributed by atoms with E-state index in [9.17, 15) is 18.0 Å². The van der Waals surface area contributed by atoms with E-state index in [1.807, 2.05) is 38.1 Å². The zero-order valence-electron chi connectivity index (χ0n) is 20.9. The van der Waals surface area contributed by atoms with Gasteiger partial charge in [-0.05, 0) is 51.3 Å². The van der Waals surface area contributed by atoms with Crippen molar-refractivity contribution < 1.29 is 22.7 Å². The lowest BCUT2D eigenvalue weighted by Crippen LogP contribution is -2.69. The van der Waals surface area contributed by atoms with Crippen molar-refractivity contribution in [2.75, 3.05) is 19.3 Å². The van der Waals surface area contributed by atoms with E-state index < -0.39 is 15.6 Å². The van der Waals surface area contributed by atoms with Crippen LogP contribution in [0.2, 0.25) is 0 Å². The van der Waals surface area contributed by atoms with Crippen LogP contribution in [0.4, 0.5) is 0 Å². The first-order valence-electron chi connectivity index (χ1n) is 12.3. The molecule has 1 atom stereocenters. The molecule has 1 aromatic carbocycles. The van der Waals surface area contributed by atoms with Crippen LogP contribution in [0.5, 0.6) is 5.75 Å². The minimum Gasteiger partial charge on any atom is -0.491 e. The molecule has 0 spiro atoms. The topological polar surface area (TPSA) is 96.0 Å². The summed E-state index contributed by atoms with van der Waals surface area (Å²) in [6.07, 6.45) is 8.61. The van der Waals surface area contributed by atoms with E-state index in [0.29, 0.717) is 0 Å². The maximum Gasteiger partial charge on any atom is 0.247 e. The number of carbonyl (C=O) groups excluding carboxylic acids is 2. The summed E-state index contributed by atoms with van der Waals surface area (Å²) < 4.78 is 31.4. The van der Waals surface area contributed by atoms with E-state index in [1.54, 1.807) is 6.92 Å². The van der Waals surface area contributed by atoms with Gasteiger partial charge < -0.3 is 15.0 Å². The Kier molecular flexibility index (Phi) is 8.62. The van der Waals surface area contributed by atoms with Gasteiger partial charge in [0, 0.05) is 19.1 Å². The second-order valence-corrected chi connectivity index (χ2v) is 12.1. The van der Waals surface area contributed by atoms with Crippen LogP contribution in [0.3, 0.4) is 0 Å². The Bertz CT molecular complexity index is 955. The molecular weight excluding hydrogens is 454 g/mol. The number of piperazine rings is 1. The van der Waals surface area contributed by atoms with E-state index in [1.165, 1.54) is 11.3 Å². The van der Waals surface area contributed by atoms with Crippen LogP contribution in [0.25, 0.3) is 0 Å². The molecule has 2 aliphatic rings. The van der Waals surface area contributed by atoms with Gasteiger partial charge in [0.2, 0.25) is 21.8 Å². The quantitative estimate of drug-likeness (QED) is 0.630. The predicted molar refractivity (Wildman–Crippen MR) is 132 cm³/mol. The molecule has 1 aliphatic carbocycles. The number of amides is 2. The zero-order valence-corrected chi connectivity index (χ0v) is 21.7. The van der Waals surface area contributed by atoms with Crippen molar-refractivity contribution in [1.29, 1.82) is 0 Å². The number of nitrogens with one attached hydrogen (secondary N) is 1. The van der Waals surface area contributed by atoms with Crippen molar-refractivity contribution in [3.63, 3.8) is 0 Å². The summed E-state index contributed by atoms with van der Waals surface area (Å²) >= 11 is 0. The largest absolute Gasteiger partial charge is 0.491 e. The number of carbonyl (C=O) groups is 2. The normalized spacial score (nSPS) is 23.4. The van der Waals surface area contributed by atoms with Gasteiger partial charge in [0.25, 0.3) is 0 Å². The van der Waals surface area contributed by atoms with Gasteiger partial charge in [-0.3, -0.25) is 9.59 Å². The van der Waals surface area contributed by atoms with Crippen LogP contribution in [0, 0.1) is 0 Å². The number of rotatable bonds is 7. The highest BCUT2D eigenvalue weighted by Crippen LogP contribution is 2.28. The summed E-state index contributed by atoms with van der Waals surface area (Å²) in [5.41, 5.74) is -0.462. The van der Waals surface area contributed by atoms with E-state index in [2.05, 4.69) is 5.32 Å². The molecule has 0 unspecified atom stereocenters. The molecule has 3 rings (SSSR count). The molecule has 1 aliphatic heterocycles. The number of hydrogen-bond acceptors (Lipinski definition) is 5. The molecule has 0 radical (unpaired) electrons. The zero-order chi connectivity index (χ0) is 24.9. The monoisotopic (exact) mass is 493 g/mol. The van der Waals surface area contributed by atoms with Crippen LogP contribution in [-0.2, 0) is 26.2 Å². The van der Waals surface area contributed by atoms with Crippen molar-refractivity contribution in [2.45, 2.75) is 89.9 Å². The second kappa shape index (κ2) is 11.1. The van der Waals surface area contributed by atoms with E-state index in [-0.39, 0.29) is 43.6 Å². The Morgan fingerprint density at radius 1 is 1.12 bits per heavy atom. The van der Waals surface area contributed by atoms with Crippen LogP contribution in [0.1, 0.15) is 71.3 Å². The van der Waals surface area contributed by atoms with Crippen molar-refractivity contribution in [2.24, 2.45) is 0 Å². The van der Waals surface area contributed by atoms with Gasteiger partial charge in [-0.2, -0.15) is 4.31 Å². The molecule has 9 heteroatoms. The highest BCUT2D eigenvalue weighted by Gasteiger charge is 2.49. The summed E-state index contributed by atoms with van der Waals surface area (Å²) in [5, 5.41) is 3.16. The van der Waals surface area contributed by atoms with Gasteiger partial charge in [-0.25, -0.2) is 8.42 Å². The molecule has 190 valence electrons. The molecule has 1 N–H and O–H groups in total. The first-order valence-corrected chi connectivity index (χ1v) is 14.2. The fraction of sp³-hybridized carbons (Fsp3) is 0.680. The van der Waals surface area contributed by atoms with Crippen LogP contribution >= 0.6 is 0 Å². The van der Waals surface area contributed by atoms with Gasteiger partial charge in [0.15, 0.2) is 0 Å². The van der Waals surface area contributed by atoms with Crippen LogP contribution in [0.15, 0.2) is 24.3 Å². The van der Waals surface area contributed by atoms with Crippen molar-refractivity contribution >= 4 is 21.8 Å². The number of benzene rings is 1. The Labute approximate surface area is 204 Å². The third kappa shape index (κ3) is 6.72. The highest BCUT2D eigenvalue weighted by molar-refractivity contribution is 7.88. The molecule has 2 fully saturated rings. The summed E-state index contributed by atoms with van der Waals surface area (Å²) in [5.74, 6) is 0.0609. The minimum absolute atomic E-state index is 0.0441. The summed E-state index contributed by atoms with van der Waals surface area (Å²) in [7, 11) is -3.63. The van der Waals surface area contributed by atoms with Crippen molar-refractivity contribution in [3.05, 3.63) is 29.8 Å². The Morgan fingerprint density at radius 2 is 1.71 bits per heavy atom. The molecule has 1 heterocycles. The van der Waals surface area contributed by atoms with Gasteiger partial charge in [-0.15, -0.1) is 0 Å². The van der Waals surface area contributed by atoms with E-state index in [4.69, 9.17) is 4.74 Å². The fourth-order valence-corrected chi connectivity index (χ4v) is 5.59. The van der Waals surface area contributed by atoms with E-state index >= 15 is 0 Å². The maximum absolute atomic E-state index is 13.6. The average molecular weight is 494 g/mol. The third-order valence-electron chi connectivity index (χ3n) is 6.73. The number of ether oxygens (including phenoxy) is 1. The van der Waals surface area contributed by atoms with Crippen LogP contribution in [-0.4, -0.2) is 66.5 Å². The summed E-state index contributed by atoms with van der Waals surface area (Å²) in [6, 6.07) is 7.49. The van der Waals surface area contributed by atoms with Gasteiger partial charge in [0.1, 0.15) is 11.3 Å². The predicted octanol–water partition coefficient (Wildman–Crippen LogP) is 3.07. The third-order valence-corrected chi connectivity index (χ3v) is 7.92. The summed E-state index contributed by atoms with van der Waals surface area (Å²) in [4.78, 5) is 28.4. The highest BCUT2D eigenvalue weighted by atomic mass is 32.2. The molecule has 1 aromatic rings. The molecule has 1 saturated heterocycles. The maximum atomic E-state index is 13.6. The summed E-state index contributed by atoms with van der Waals surface area (Å²) in [6.45, 7) is 5.47. The van der Waals surface area contributed by atoms with Crippen molar-refractivity contribution in [3.8, 4) is 5.75 Å². The smallest absolute Gasteiger partial charge is 0.247 e. The molecule has 0 aromatic heterocycles. The number of nitrogens with zero attached hydrogens (tertiary/aromatic N) is 2. The molecule has 34 heavy (non-hydrogen) atoms. The average Bonchev–Trinajstić information content (AvgIpc) is 2.72. The van der Waals surface area contributed by atoms with Crippen molar-refractivity contribution in [1.82, 2.24) is 14.5 Å². The minimum atomic E-state index is -3.63. The number of hydrogen-bond donors (Lipinski definition) is 1. The standard InChI is InChI=1S/C25H39N3O5S/c1-19(2)33-22-14-12-20(13-15-22)16-28-23(29)17-27(34(4,31)32)18-25(28,3)24(30)26-21-10-8-6-5-7-9-11-21/h12-15,19,21H,5-11,16-18H2,1-4H3,(H,26,30)/t25-/m1/s1.